The van der Waals surface area contributed by atoms with Gasteiger partial charge in [-0.15, -0.1) is 0 Å². The van der Waals surface area contributed by atoms with Crippen LogP contribution in [0.1, 0.15) is 6.42 Å². The molecule has 0 radical (unpaired) electrons. The number of nitrogens with one attached hydrogen (secondary N) is 1. The molecule has 0 aliphatic heterocycles. The smallest absolute Gasteiger partial charge is 0.234 e. The van der Waals surface area contributed by atoms with E-state index in [0.717, 1.165) is 19.5 Å². The van der Waals surface area contributed by atoms with Crippen LogP contribution < -0.4 is 11.1 Å². The molecule has 0 fully saturated rings. The summed E-state index contributed by atoms with van der Waals surface area (Å²) in [6.45, 7) is 4.27. The van der Waals surface area contributed by atoms with E-state index in [2.05, 4.69) is 5.32 Å². The average molecular weight is 247 g/mol. The SMILES string of the molecule is COCCCN(CCOC)CC(=O)NCCN. The summed E-state index contributed by atoms with van der Waals surface area (Å²) in [7, 11) is 3.33. The minimum Gasteiger partial charge on any atom is -0.385 e. The van der Waals surface area contributed by atoms with Crippen molar-refractivity contribution in [3.05, 3.63) is 0 Å². The molecule has 6 nitrogen and oxygen atoms in total. The number of carbonyl (C=O) groups excluding carboxylic acids is 1. The van der Waals surface area contributed by atoms with Crippen LogP contribution in [0.4, 0.5) is 0 Å². The van der Waals surface area contributed by atoms with E-state index in [0.29, 0.717) is 32.8 Å². The molecule has 0 unspecified atom stereocenters. The number of ether oxygens (including phenoxy) is 2. The minimum atomic E-state index is 0.00368. The van der Waals surface area contributed by atoms with Crippen molar-refractivity contribution in [3.8, 4) is 0 Å². The third-order valence-corrected chi connectivity index (χ3v) is 2.27. The first-order chi connectivity index (χ1) is 8.24. The Labute approximate surface area is 103 Å². The van der Waals surface area contributed by atoms with Gasteiger partial charge in [0.05, 0.1) is 13.2 Å². The van der Waals surface area contributed by atoms with Gasteiger partial charge in [-0.05, 0) is 6.42 Å². The van der Waals surface area contributed by atoms with E-state index in [4.69, 9.17) is 15.2 Å². The van der Waals surface area contributed by atoms with E-state index in [1.54, 1.807) is 14.2 Å². The lowest BCUT2D eigenvalue weighted by atomic mass is 10.3. The molecule has 0 aromatic carbocycles. The molecule has 102 valence electrons. The standard InChI is InChI=1S/C11H25N3O3/c1-16-8-3-6-14(7-9-17-2)10-11(15)13-5-4-12/h3-10,12H2,1-2H3,(H,13,15). The van der Waals surface area contributed by atoms with Crippen LogP contribution >= 0.6 is 0 Å². The second-order valence-corrected chi connectivity index (χ2v) is 3.75. The summed E-state index contributed by atoms with van der Waals surface area (Å²) in [6.07, 6.45) is 0.907. The van der Waals surface area contributed by atoms with Crippen molar-refractivity contribution in [1.29, 1.82) is 0 Å². The first kappa shape index (κ1) is 16.3. The van der Waals surface area contributed by atoms with E-state index in [1.807, 2.05) is 4.90 Å². The maximum Gasteiger partial charge on any atom is 0.234 e. The highest BCUT2D eigenvalue weighted by atomic mass is 16.5. The van der Waals surface area contributed by atoms with E-state index in [1.165, 1.54) is 0 Å². The number of nitrogens with zero attached hydrogens (tertiary/aromatic N) is 1. The lowest BCUT2D eigenvalue weighted by molar-refractivity contribution is -0.122. The number of rotatable bonds is 11. The molecule has 0 aromatic heterocycles. The van der Waals surface area contributed by atoms with Crippen molar-refractivity contribution in [3.63, 3.8) is 0 Å². The van der Waals surface area contributed by atoms with Crippen LogP contribution in [0.5, 0.6) is 0 Å². The Morgan fingerprint density at radius 1 is 1.24 bits per heavy atom. The van der Waals surface area contributed by atoms with Crippen molar-refractivity contribution >= 4 is 5.91 Å². The topological polar surface area (TPSA) is 76.8 Å². The number of carbonyl (C=O) groups is 1. The molecule has 0 saturated heterocycles. The normalized spacial score (nSPS) is 10.8. The quantitative estimate of drug-likeness (QED) is 0.460. The van der Waals surface area contributed by atoms with Gasteiger partial charge in [0.15, 0.2) is 0 Å². The van der Waals surface area contributed by atoms with Gasteiger partial charge in [-0.2, -0.15) is 0 Å². The zero-order valence-corrected chi connectivity index (χ0v) is 10.9. The third kappa shape index (κ3) is 10.2. The Hall–Kier alpha value is -0.690. The summed E-state index contributed by atoms with van der Waals surface area (Å²) in [5.74, 6) is 0.00368. The summed E-state index contributed by atoms with van der Waals surface area (Å²) in [5, 5.41) is 2.75. The number of methoxy groups -OCH3 is 2. The van der Waals surface area contributed by atoms with Crippen molar-refractivity contribution in [2.45, 2.75) is 6.42 Å². The minimum absolute atomic E-state index is 0.00368. The molecule has 0 heterocycles. The fourth-order valence-corrected chi connectivity index (χ4v) is 1.39. The lowest BCUT2D eigenvalue weighted by Gasteiger charge is -2.21. The Morgan fingerprint density at radius 3 is 2.53 bits per heavy atom. The maximum atomic E-state index is 11.5. The number of amides is 1. The molecule has 0 aliphatic carbocycles. The Balaban J connectivity index is 3.85. The number of hydrogen-bond acceptors (Lipinski definition) is 5. The Kier molecular flexibility index (Phi) is 11.3. The van der Waals surface area contributed by atoms with Crippen LogP contribution in [-0.4, -0.2) is 71.0 Å². The third-order valence-electron chi connectivity index (χ3n) is 2.27. The summed E-state index contributed by atoms with van der Waals surface area (Å²) in [6, 6.07) is 0. The Morgan fingerprint density at radius 2 is 1.94 bits per heavy atom. The molecule has 0 rings (SSSR count). The molecule has 0 bridgehead atoms. The molecule has 0 aliphatic rings. The first-order valence-electron chi connectivity index (χ1n) is 5.91. The average Bonchev–Trinajstić information content (AvgIpc) is 2.33. The molecule has 0 spiro atoms. The van der Waals surface area contributed by atoms with Gasteiger partial charge in [-0.3, -0.25) is 9.69 Å². The number of hydrogen-bond donors (Lipinski definition) is 2. The molecule has 17 heavy (non-hydrogen) atoms. The summed E-state index contributed by atoms with van der Waals surface area (Å²) < 4.78 is 10.0. The van der Waals surface area contributed by atoms with E-state index in [-0.39, 0.29) is 5.91 Å². The lowest BCUT2D eigenvalue weighted by Crippen LogP contribution is -2.41. The highest BCUT2D eigenvalue weighted by Gasteiger charge is 2.09. The van der Waals surface area contributed by atoms with Crippen LogP contribution in [0, 0.1) is 0 Å². The van der Waals surface area contributed by atoms with Crippen molar-refractivity contribution in [2.75, 3.05) is 60.2 Å². The van der Waals surface area contributed by atoms with Gasteiger partial charge >= 0.3 is 0 Å². The van der Waals surface area contributed by atoms with Crippen molar-refractivity contribution < 1.29 is 14.3 Å². The maximum absolute atomic E-state index is 11.5. The summed E-state index contributed by atoms with van der Waals surface area (Å²) >= 11 is 0. The van der Waals surface area contributed by atoms with Gasteiger partial charge in [0, 0.05) is 47.0 Å². The Bertz CT molecular complexity index is 191. The molecular weight excluding hydrogens is 222 g/mol. The predicted molar refractivity (Wildman–Crippen MR) is 66.9 cm³/mol. The molecule has 0 atom stereocenters. The zero-order valence-electron chi connectivity index (χ0n) is 10.9. The van der Waals surface area contributed by atoms with Crippen LogP contribution in [0.3, 0.4) is 0 Å². The second kappa shape index (κ2) is 11.8. The van der Waals surface area contributed by atoms with Gasteiger partial charge < -0.3 is 20.5 Å². The van der Waals surface area contributed by atoms with E-state index in [9.17, 15) is 4.79 Å². The van der Waals surface area contributed by atoms with Crippen molar-refractivity contribution in [1.82, 2.24) is 10.2 Å². The van der Waals surface area contributed by atoms with Gasteiger partial charge in [0.1, 0.15) is 0 Å². The van der Waals surface area contributed by atoms with Crippen LogP contribution in [0.2, 0.25) is 0 Å². The molecule has 6 heteroatoms. The van der Waals surface area contributed by atoms with Gasteiger partial charge in [-0.1, -0.05) is 0 Å². The highest BCUT2D eigenvalue weighted by Crippen LogP contribution is 1.92. The highest BCUT2D eigenvalue weighted by molar-refractivity contribution is 5.77. The summed E-state index contributed by atoms with van der Waals surface area (Å²) in [4.78, 5) is 13.6. The first-order valence-corrected chi connectivity index (χ1v) is 5.91. The molecule has 1 amide bonds. The monoisotopic (exact) mass is 247 g/mol. The predicted octanol–water partition coefficient (Wildman–Crippen LogP) is -0.954. The van der Waals surface area contributed by atoms with Gasteiger partial charge in [-0.25, -0.2) is 0 Å². The molecule has 0 aromatic rings. The van der Waals surface area contributed by atoms with Crippen LogP contribution in [0.25, 0.3) is 0 Å². The fraction of sp³-hybridized carbons (Fsp3) is 0.909. The summed E-state index contributed by atoms with van der Waals surface area (Å²) in [5.41, 5.74) is 5.32. The van der Waals surface area contributed by atoms with Gasteiger partial charge in [0.25, 0.3) is 0 Å². The van der Waals surface area contributed by atoms with Crippen molar-refractivity contribution in [2.24, 2.45) is 5.73 Å². The van der Waals surface area contributed by atoms with Crippen LogP contribution in [-0.2, 0) is 14.3 Å². The van der Waals surface area contributed by atoms with Crippen LogP contribution in [0.15, 0.2) is 0 Å². The largest absolute Gasteiger partial charge is 0.385 e. The zero-order chi connectivity index (χ0) is 12.9. The van der Waals surface area contributed by atoms with E-state index >= 15 is 0 Å². The second-order valence-electron chi connectivity index (χ2n) is 3.75. The number of nitrogens with two attached hydrogens (primary N) is 1. The fourth-order valence-electron chi connectivity index (χ4n) is 1.39. The van der Waals surface area contributed by atoms with Gasteiger partial charge in [0.2, 0.25) is 5.91 Å². The molecule has 3 N–H and O–H groups in total. The van der Waals surface area contributed by atoms with E-state index < -0.39 is 0 Å². The molecule has 0 saturated carbocycles. The molecular formula is C11H25N3O3.